The second-order valence-electron chi connectivity index (χ2n) is 6.42. The van der Waals surface area contributed by atoms with E-state index < -0.39 is 5.97 Å². The third-order valence-corrected chi connectivity index (χ3v) is 5.38. The van der Waals surface area contributed by atoms with E-state index in [1.54, 1.807) is 6.20 Å². The van der Waals surface area contributed by atoms with Crippen LogP contribution in [0.25, 0.3) is 22.4 Å². The average Bonchev–Trinajstić information content (AvgIpc) is 3.44. The lowest BCUT2D eigenvalue weighted by Gasteiger charge is -2.08. The predicted molar refractivity (Wildman–Crippen MR) is 115 cm³/mol. The van der Waals surface area contributed by atoms with Gasteiger partial charge in [-0.15, -0.1) is 5.10 Å². The topological polar surface area (TPSA) is 159 Å². The van der Waals surface area contributed by atoms with Gasteiger partial charge in [-0.05, 0) is 28.8 Å². The third-order valence-electron chi connectivity index (χ3n) is 4.43. The zero-order chi connectivity index (χ0) is 20.2. The number of aromatic amines is 1. The van der Waals surface area contributed by atoms with Crippen molar-refractivity contribution in [3.05, 3.63) is 60.3 Å². The number of quaternary nitrogens is 1. The fraction of sp³-hybridized carbons (Fsp3) is 0.100. The summed E-state index contributed by atoms with van der Waals surface area (Å²) in [5.74, 6) is -0.927. The lowest BCUT2D eigenvalue weighted by molar-refractivity contribution is -0.825. The zero-order valence-electron chi connectivity index (χ0n) is 15.7. The molecular weight excluding hydrogens is 406 g/mol. The number of carboxylic acids is 1. The molecule has 0 unspecified atom stereocenters. The van der Waals surface area contributed by atoms with Crippen molar-refractivity contribution < 1.29 is 26.1 Å². The van der Waals surface area contributed by atoms with Crippen molar-refractivity contribution in [1.29, 1.82) is 0 Å². The first-order valence-corrected chi connectivity index (χ1v) is 9.82. The van der Waals surface area contributed by atoms with E-state index in [0.717, 1.165) is 39.1 Å². The number of carbonyl (C=O) groups is 1. The quantitative estimate of drug-likeness (QED) is 0.349. The standard InChI is InChI=1S/C20H17N5O3S.H2O/c26-20(27)11-29-19-10-18(23-24-19)15-7-14(8-16(9-15)25-28)12-1-3-13(4-2-12)17-5-6-21-22-17;/h1-9,25,28H,10-11H2,(H,21,22)(H,26,27);1H2/p+1. The summed E-state index contributed by atoms with van der Waals surface area (Å²) >= 11 is 1.17. The minimum atomic E-state index is -0.885. The van der Waals surface area contributed by atoms with Crippen molar-refractivity contribution in [2.24, 2.45) is 10.2 Å². The number of nitrogens with two attached hydrogens (primary N) is 1. The number of nitrogens with zero attached hydrogens (tertiary/aromatic N) is 3. The van der Waals surface area contributed by atoms with Crippen LogP contribution in [0, 0.1) is 0 Å². The van der Waals surface area contributed by atoms with Crippen molar-refractivity contribution in [3.8, 4) is 22.4 Å². The van der Waals surface area contributed by atoms with Crippen LogP contribution < -0.4 is 5.48 Å². The smallest absolute Gasteiger partial charge is 0.313 e. The summed E-state index contributed by atoms with van der Waals surface area (Å²) in [7, 11) is 0. The van der Waals surface area contributed by atoms with Gasteiger partial charge in [-0.2, -0.15) is 15.7 Å². The van der Waals surface area contributed by atoms with E-state index in [4.69, 9.17) is 5.11 Å². The fourth-order valence-electron chi connectivity index (χ4n) is 3.03. The molecule has 9 nitrogen and oxygen atoms in total. The number of carboxylic acid groups (broad SMARTS) is 1. The summed E-state index contributed by atoms with van der Waals surface area (Å²) in [6, 6.07) is 15.7. The van der Waals surface area contributed by atoms with Gasteiger partial charge >= 0.3 is 5.97 Å². The third kappa shape index (κ3) is 4.81. The Bertz CT molecular complexity index is 1090. The molecule has 10 heteroatoms. The van der Waals surface area contributed by atoms with Gasteiger partial charge in [0.1, 0.15) is 5.04 Å². The van der Waals surface area contributed by atoms with Crippen LogP contribution in [-0.2, 0) is 4.79 Å². The Morgan fingerprint density at radius 2 is 1.77 bits per heavy atom. The summed E-state index contributed by atoms with van der Waals surface area (Å²) in [5, 5.41) is 34.3. The van der Waals surface area contributed by atoms with Crippen molar-refractivity contribution >= 4 is 34.2 Å². The Hall–Kier alpha value is -3.31. The molecular formula is C20H20N5O4S+. The SMILES string of the molecule is O.O=C(O)CSC1=NN=C(c2cc([NH2+]O)cc(-c3ccc(-c4ccn[nH]4)cc3)c2)C1. The van der Waals surface area contributed by atoms with E-state index in [2.05, 4.69) is 20.4 Å². The molecule has 1 aliphatic rings. The molecule has 0 fully saturated rings. The number of hydrogen-bond donors (Lipinski definition) is 4. The van der Waals surface area contributed by atoms with Crippen molar-refractivity contribution in [2.75, 3.05) is 5.75 Å². The molecule has 30 heavy (non-hydrogen) atoms. The number of H-pyrrole nitrogens is 1. The van der Waals surface area contributed by atoms with Crippen LogP contribution in [0.15, 0.2) is 64.9 Å². The highest BCUT2D eigenvalue weighted by Gasteiger charge is 2.18. The summed E-state index contributed by atoms with van der Waals surface area (Å²) in [5.41, 5.74) is 7.22. The van der Waals surface area contributed by atoms with Gasteiger partial charge in [0.15, 0.2) is 5.69 Å². The Balaban J connectivity index is 0.00000256. The van der Waals surface area contributed by atoms with Crippen molar-refractivity contribution in [2.45, 2.75) is 6.42 Å². The molecule has 0 bridgehead atoms. The van der Waals surface area contributed by atoms with E-state index in [1.807, 2.05) is 48.5 Å². The highest BCUT2D eigenvalue weighted by molar-refractivity contribution is 8.14. The van der Waals surface area contributed by atoms with E-state index in [-0.39, 0.29) is 11.2 Å². The number of aromatic nitrogens is 2. The summed E-state index contributed by atoms with van der Waals surface area (Å²) in [6.07, 6.45) is 2.19. The van der Waals surface area contributed by atoms with Gasteiger partial charge in [0.2, 0.25) is 0 Å². The Kier molecular flexibility index (Phi) is 6.75. The molecule has 1 aliphatic heterocycles. The number of thioether (sulfide) groups is 1. The zero-order valence-corrected chi connectivity index (χ0v) is 16.6. The summed E-state index contributed by atoms with van der Waals surface area (Å²) in [6.45, 7) is 0. The minimum absolute atomic E-state index is 0. The number of rotatable bonds is 6. The Morgan fingerprint density at radius 1 is 1.03 bits per heavy atom. The minimum Gasteiger partial charge on any atom is -0.481 e. The van der Waals surface area contributed by atoms with Gasteiger partial charge in [-0.1, -0.05) is 36.0 Å². The first-order chi connectivity index (χ1) is 14.1. The number of hydrogen-bond acceptors (Lipinski definition) is 6. The lowest BCUT2D eigenvalue weighted by Crippen LogP contribution is -2.73. The van der Waals surface area contributed by atoms with Crippen LogP contribution in [-0.4, -0.2) is 48.5 Å². The van der Waals surface area contributed by atoms with Gasteiger partial charge in [-0.3, -0.25) is 9.89 Å². The molecule has 0 radical (unpaired) electrons. The molecule has 0 spiro atoms. The van der Waals surface area contributed by atoms with E-state index in [1.165, 1.54) is 11.8 Å². The van der Waals surface area contributed by atoms with Crippen LogP contribution in [0.2, 0.25) is 0 Å². The molecule has 0 amide bonds. The molecule has 2 aromatic carbocycles. The van der Waals surface area contributed by atoms with E-state index in [0.29, 0.717) is 17.2 Å². The molecule has 3 aromatic rings. The highest BCUT2D eigenvalue weighted by atomic mass is 32.2. The molecule has 2 heterocycles. The molecule has 154 valence electrons. The van der Waals surface area contributed by atoms with Crippen LogP contribution in [0.3, 0.4) is 0 Å². The second-order valence-corrected chi connectivity index (χ2v) is 7.47. The monoisotopic (exact) mass is 426 g/mol. The highest BCUT2D eigenvalue weighted by Crippen LogP contribution is 2.28. The Labute approximate surface area is 175 Å². The van der Waals surface area contributed by atoms with Gasteiger partial charge in [0, 0.05) is 30.3 Å². The molecule has 0 aliphatic carbocycles. The normalized spacial score (nSPS) is 12.8. The molecule has 1 aromatic heterocycles. The largest absolute Gasteiger partial charge is 0.481 e. The second kappa shape index (κ2) is 9.46. The van der Waals surface area contributed by atoms with Crippen LogP contribution in [0.5, 0.6) is 0 Å². The Morgan fingerprint density at radius 3 is 2.43 bits per heavy atom. The maximum Gasteiger partial charge on any atom is 0.313 e. The molecule has 0 saturated carbocycles. The van der Waals surface area contributed by atoms with Gasteiger partial charge < -0.3 is 10.6 Å². The number of aliphatic carboxylic acids is 1. The molecule has 7 N–H and O–H groups in total. The molecule has 4 rings (SSSR count). The van der Waals surface area contributed by atoms with Crippen molar-refractivity contribution in [3.63, 3.8) is 0 Å². The van der Waals surface area contributed by atoms with E-state index >= 15 is 0 Å². The van der Waals surface area contributed by atoms with E-state index in [9.17, 15) is 10.0 Å². The summed E-state index contributed by atoms with van der Waals surface area (Å²) < 4.78 is 0. The van der Waals surface area contributed by atoms with Crippen LogP contribution in [0.4, 0.5) is 5.69 Å². The first kappa shape index (κ1) is 21.4. The van der Waals surface area contributed by atoms with Gasteiger partial charge in [0.25, 0.3) is 0 Å². The number of nitrogens with one attached hydrogen (secondary N) is 1. The van der Waals surface area contributed by atoms with Crippen LogP contribution in [0.1, 0.15) is 12.0 Å². The van der Waals surface area contributed by atoms with Gasteiger partial charge in [0.05, 0.1) is 17.2 Å². The van der Waals surface area contributed by atoms with Gasteiger partial charge in [-0.25, -0.2) is 5.21 Å². The number of benzene rings is 2. The molecule has 0 atom stereocenters. The first-order valence-electron chi connectivity index (χ1n) is 8.83. The summed E-state index contributed by atoms with van der Waals surface area (Å²) in [4.78, 5) is 10.7. The average molecular weight is 426 g/mol. The van der Waals surface area contributed by atoms with Crippen LogP contribution >= 0.6 is 11.8 Å². The maximum atomic E-state index is 10.7. The fourth-order valence-corrected chi connectivity index (χ4v) is 3.66. The lowest BCUT2D eigenvalue weighted by atomic mass is 9.98. The molecule has 0 saturated heterocycles. The predicted octanol–water partition coefficient (Wildman–Crippen LogP) is 1.83. The maximum absolute atomic E-state index is 10.7. The van der Waals surface area contributed by atoms with Crippen molar-refractivity contribution in [1.82, 2.24) is 10.2 Å².